The molecule has 9 heteroatoms. The molecule has 4 heterocycles. The molecule has 1 N–H and O–H groups in total. The first kappa shape index (κ1) is 19.7. The number of likely N-dealkylation sites (tertiary alicyclic amines) is 1. The quantitative estimate of drug-likeness (QED) is 0.667. The Bertz CT molecular complexity index is 1110. The Morgan fingerprint density at radius 1 is 1.23 bits per heavy atom. The van der Waals surface area contributed by atoms with Crippen LogP contribution in [-0.2, 0) is 0 Å². The highest BCUT2D eigenvalue weighted by Gasteiger charge is 2.38. The molecule has 2 fully saturated rings. The van der Waals surface area contributed by atoms with E-state index < -0.39 is 0 Å². The van der Waals surface area contributed by atoms with Crippen LogP contribution >= 0.6 is 0 Å². The monoisotopic (exact) mass is 422 g/mol. The minimum Gasteiger partial charge on any atom is -0.480 e. The van der Waals surface area contributed by atoms with Crippen molar-refractivity contribution in [2.75, 3.05) is 25.5 Å². The van der Waals surface area contributed by atoms with E-state index >= 15 is 0 Å². The van der Waals surface area contributed by atoms with Gasteiger partial charge < -0.3 is 19.4 Å². The smallest absolute Gasteiger partial charge is 0.291 e. The highest BCUT2D eigenvalue weighted by Crippen LogP contribution is 2.39. The molecule has 0 radical (unpaired) electrons. The van der Waals surface area contributed by atoms with E-state index in [2.05, 4.69) is 32.4 Å². The van der Waals surface area contributed by atoms with Crippen LogP contribution in [0.15, 0.2) is 22.6 Å². The van der Waals surface area contributed by atoms with Crippen molar-refractivity contribution in [2.45, 2.75) is 51.0 Å². The van der Waals surface area contributed by atoms with Crippen LogP contribution in [0.3, 0.4) is 0 Å². The summed E-state index contributed by atoms with van der Waals surface area (Å²) in [6, 6.07) is 5.68. The molecule has 1 aliphatic heterocycles. The van der Waals surface area contributed by atoms with E-state index in [-0.39, 0.29) is 23.2 Å². The fourth-order valence-corrected chi connectivity index (χ4v) is 4.01. The number of carbonyl (C=O) groups excluding carboxylic acids is 1. The van der Waals surface area contributed by atoms with E-state index in [9.17, 15) is 4.79 Å². The predicted molar refractivity (Wildman–Crippen MR) is 114 cm³/mol. The van der Waals surface area contributed by atoms with Crippen LogP contribution < -0.4 is 10.1 Å². The highest BCUT2D eigenvalue weighted by atomic mass is 16.5. The lowest BCUT2D eigenvalue weighted by atomic mass is 9.93. The number of rotatable bonds is 5. The number of hydrogen-bond donors (Lipinski definition) is 1. The van der Waals surface area contributed by atoms with E-state index in [0.717, 1.165) is 42.5 Å². The third kappa shape index (κ3) is 3.92. The number of anilines is 1. The van der Waals surface area contributed by atoms with Crippen molar-refractivity contribution in [1.82, 2.24) is 25.1 Å². The summed E-state index contributed by atoms with van der Waals surface area (Å²) in [5, 5.41) is 12.6. The summed E-state index contributed by atoms with van der Waals surface area (Å²) >= 11 is 0. The van der Waals surface area contributed by atoms with Gasteiger partial charge in [-0.2, -0.15) is 10.1 Å². The maximum atomic E-state index is 13.2. The Morgan fingerprint density at radius 3 is 2.65 bits per heavy atom. The number of piperidine rings is 1. The summed E-state index contributed by atoms with van der Waals surface area (Å²) < 4.78 is 10.8. The molecule has 1 amide bonds. The molecular weight excluding hydrogens is 396 g/mol. The second-order valence-electron chi connectivity index (χ2n) is 8.72. The summed E-state index contributed by atoms with van der Waals surface area (Å²) in [7, 11) is 1.57. The van der Waals surface area contributed by atoms with Crippen molar-refractivity contribution < 1.29 is 13.9 Å². The van der Waals surface area contributed by atoms with Gasteiger partial charge in [0.1, 0.15) is 11.6 Å². The van der Waals surface area contributed by atoms with Crippen molar-refractivity contribution in [1.29, 1.82) is 0 Å². The number of hydrogen-bond acceptors (Lipinski definition) is 8. The lowest BCUT2D eigenvalue weighted by molar-refractivity contribution is 0.0699. The van der Waals surface area contributed by atoms with Crippen LogP contribution in [0.2, 0.25) is 0 Å². The third-order valence-corrected chi connectivity index (χ3v) is 6.20. The van der Waals surface area contributed by atoms with Gasteiger partial charge >= 0.3 is 0 Å². The Kier molecular flexibility index (Phi) is 4.75. The molecule has 0 spiro atoms. The molecule has 1 saturated heterocycles. The zero-order valence-electron chi connectivity index (χ0n) is 18.0. The fourth-order valence-electron chi connectivity index (χ4n) is 4.01. The lowest BCUT2D eigenvalue weighted by Crippen LogP contribution is -2.39. The van der Waals surface area contributed by atoms with Crippen LogP contribution in [0.4, 0.5) is 5.82 Å². The normalized spacial score (nSPS) is 18.2. The zero-order valence-corrected chi connectivity index (χ0v) is 18.0. The Morgan fingerprint density at radius 2 is 2.00 bits per heavy atom. The largest absolute Gasteiger partial charge is 0.480 e. The van der Waals surface area contributed by atoms with Crippen molar-refractivity contribution in [3.63, 3.8) is 0 Å². The molecule has 5 rings (SSSR count). The Hall–Kier alpha value is -3.23. The Balaban J connectivity index is 1.33. The summed E-state index contributed by atoms with van der Waals surface area (Å²) in [6.07, 6.45) is 3.80. The molecule has 162 valence electrons. The van der Waals surface area contributed by atoms with Crippen molar-refractivity contribution in [3.05, 3.63) is 35.5 Å². The second-order valence-corrected chi connectivity index (χ2v) is 8.72. The van der Waals surface area contributed by atoms with Gasteiger partial charge in [-0.3, -0.25) is 4.79 Å². The summed E-state index contributed by atoms with van der Waals surface area (Å²) in [6.45, 7) is 5.27. The van der Waals surface area contributed by atoms with Gasteiger partial charge in [0, 0.05) is 30.6 Å². The molecule has 0 aromatic carbocycles. The minimum absolute atomic E-state index is 0.0323. The number of ether oxygens (including phenoxy) is 1. The minimum atomic E-state index is -0.167. The predicted octanol–water partition coefficient (Wildman–Crippen LogP) is 3.31. The number of carbonyl (C=O) groups is 1. The molecule has 3 aromatic rings. The number of fused-ring (bicyclic) bond motifs is 1. The van der Waals surface area contributed by atoms with E-state index in [1.165, 1.54) is 0 Å². The first-order valence-corrected chi connectivity index (χ1v) is 10.7. The third-order valence-electron chi connectivity index (χ3n) is 6.20. The SMILES string of the molecule is COc1ccc(C2CCN(C(=O)c3nc(NC4(C)CC4)c4cc(C)oc4n3)CC2)nn1. The fraction of sp³-hybridized carbons (Fsp3) is 0.500. The number of aromatic nitrogens is 4. The van der Waals surface area contributed by atoms with Gasteiger partial charge in [-0.25, -0.2) is 4.98 Å². The van der Waals surface area contributed by atoms with E-state index in [4.69, 9.17) is 9.15 Å². The van der Waals surface area contributed by atoms with Crippen LogP contribution in [0, 0.1) is 6.92 Å². The van der Waals surface area contributed by atoms with Gasteiger partial charge in [0.25, 0.3) is 5.91 Å². The molecule has 2 aliphatic rings. The van der Waals surface area contributed by atoms with Crippen molar-refractivity contribution in [3.8, 4) is 5.88 Å². The van der Waals surface area contributed by atoms with Crippen molar-refractivity contribution in [2.24, 2.45) is 0 Å². The maximum absolute atomic E-state index is 13.2. The van der Waals surface area contributed by atoms with Gasteiger partial charge in [-0.1, -0.05) is 0 Å². The molecule has 9 nitrogen and oxygen atoms in total. The van der Waals surface area contributed by atoms with Crippen LogP contribution in [0.25, 0.3) is 11.1 Å². The molecule has 1 aliphatic carbocycles. The first-order valence-electron chi connectivity index (χ1n) is 10.7. The van der Waals surface area contributed by atoms with Gasteiger partial charge in [0.15, 0.2) is 0 Å². The second kappa shape index (κ2) is 7.47. The number of methoxy groups -OCH3 is 1. The van der Waals surface area contributed by atoms with Crippen LogP contribution in [0.5, 0.6) is 5.88 Å². The number of aryl methyl sites for hydroxylation is 1. The Labute approximate surface area is 180 Å². The maximum Gasteiger partial charge on any atom is 0.291 e. The van der Waals surface area contributed by atoms with Gasteiger partial charge in [0.2, 0.25) is 17.4 Å². The highest BCUT2D eigenvalue weighted by molar-refractivity contribution is 5.95. The number of furan rings is 1. The van der Waals surface area contributed by atoms with Gasteiger partial charge in [-0.05, 0) is 51.7 Å². The summed E-state index contributed by atoms with van der Waals surface area (Å²) in [5.41, 5.74) is 1.41. The van der Waals surface area contributed by atoms with Gasteiger partial charge in [-0.15, -0.1) is 5.10 Å². The number of nitrogens with zero attached hydrogens (tertiary/aromatic N) is 5. The standard InChI is InChI=1S/C22H26N6O3/c1-13-12-15-18(25-22(2)8-9-22)23-19(24-20(15)31-13)21(29)28-10-6-14(7-11-28)16-4-5-17(30-3)27-26-16/h4-5,12,14H,6-11H2,1-3H3,(H,23,24,25). The molecule has 0 atom stereocenters. The average molecular weight is 422 g/mol. The molecular formula is C22H26N6O3. The van der Waals surface area contributed by atoms with Crippen LogP contribution in [0.1, 0.15) is 60.6 Å². The zero-order chi connectivity index (χ0) is 21.6. The summed E-state index contributed by atoms with van der Waals surface area (Å²) in [5.74, 6) is 2.20. The molecule has 0 unspecified atom stereocenters. The van der Waals surface area contributed by atoms with E-state index in [0.29, 0.717) is 30.5 Å². The summed E-state index contributed by atoms with van der Waals surface area (Å²) in [4.78, 5) is 24.0. The van der Waals surface area contributed by atoms with Gasteiger partial charge in [0.05, 0.1) is 18.2 Å². The molecule has 0 bridgehead atoms. The van der Waals surface area contributed by atoms with E-state index in [1.54, 1.807) is 7.11 Å². The number of nitrogens with one attached hydrogen (secondary N) is 1. The van der Waals surface area contributed by atoms with Crippen LogP contribution in [-0.4, -0.2) is 56.7 Å². The molecule has 1 saturated carbocycles. The van der Waals surface area contributed by atoms with Crippen molar-refractivity contribution >= 4 is 22.8 Å². The number of amides is 1. The average Bonchev–Trinajstić information content (AvgIpc) is 3.38. The van der Waals surface area contributed by atoms with E-state index in [1.807, 2.05) is 30.0 Å². The molecule has 3 aromatic heterocycles. The lowest BCUT2D eigenvalue weighted by Gasteiger charge is -2.31. The first-order chi connectivity index (χ1) is 14.9. The topological polar surface area (TPSA) is 106 Å². The molecule has 31 heavy (non-hydrogen) atoms.